The molecule has 2 heterocycles. The Bertz CT molecular complexity index is 830. The minimum atomic E-state index is -3.55. The normalized spacial score (nSPS) is 15.5. The number of aryl methyl sites for hydroxylation is 1. The van der Waals surface area contributed by atoms with Crippen molar-refractivity contribution >= 4 is 38.1 Å². The molecule has 0 unspecified atom stereocenters. The van der Waals surface area contributed by atoms with E-state index in [0.29, 0.717) is 18.0 Å². The lowest BCUT2D eigenvalue weighted by Gasteiger charge is -2.25. The van der Waals surface area contributed by atoms with Crippen molar-refractivity contribution in [1.29, 1.82) is 0 Å². The van der Waals surface area contributed by atoms with E-state index in [-0.39, 0.29) is 4.90 Å². The number of benzene rings is 1. The number of hydrogen-bond donors (Lipinski definition) is 1. The van der Waals surface area contributed by atoms with Gasteiger partial charge in [-0.1, -0.05) is 17.7 Å². The summed E-state index contributed by atoms with van der Waals surface area (Å²) in [4.78, 5) is 7.15. The summed E-state index contributed by atoms with van der Waals surface area (Å²) >= 11 is 7.65. The maximum absolute atomic E-state index is 12.3. The number of piperidine rings is 1. The highest BCUT2D eigenvalue weighted by Crippen LogP contribution is 2.24. The number of thiazole rings is 1. The van der Waals surface area contributed by atoms with Crippen molar-refractivity contribution in [2.24, 2.45) is 0 Å². The van der Waals surface area contributed by atoms with Gasteiger partial charge in [-0.2, -0.15) is 0 Å². The number of aromatic nitrogens is 1. The molecule has 3 rings (SSSR count). The van der Waals surface area contributed by atoms with Gasteiger partial charge >= 0.3 is 0 Å². The van der Waals surface area contributed by atoms with Crippen molar-refractivity contribution in [3.05, 3.63) is 39.9 Å². The quantitative estimate of drug-likeness (QED) is 0.805. The van der Waals surface area contributed by atoms with Gasteiger partial charge in [0.1, 0.15) is 0 Å². The summed E-state index contributed by atoms with van der Waals surface area (Å²) in [7, 11) is -3.55. The molecule has 1 aromatic carbocycles. The fourth-order valence-electron chi connectivity index (χ4n) is 2.78. The van der Waals surface area contributed by atoms with Crippen molar-refractivity contribution in [2.75, 3.05) is 24.5 Å². The molecule has 5 nitrogen and oxygen atoms in total. The summed E-state index contributed by atoms with van der Waals surface area (Å²) in [6.45, 7) is 4.28. The number of halogens is 1. The first-order valence-electron chi connectivity index (χ1n) is 8.41. The Balaban J connectivity index is 1.57. The van der Waals surface area contributed by atoms with Crippen LogP contribution in [0.5, 0.6) is 0 Å². The van der Waals surface area contributed by atoms with Crippen LogP contribution in [0.2, 0.25) is 5.02 Å². The van der Waals surface area contributed by atoms with Crippen LogP contribution >= 0.6 is 22.9 Å². The fourth-order valence-corrected chi connectivity index (χ4v) is 5.00. The predicted molar refractivity (Wildman–Crippen MR) is 103 cm³/mol. The van der Waals surface area contributed by atoms with Crippen molar-refractivity contribution in [3.8, 4) is 0 Å². The van der Waals surface area contributed by atoms with Gasteiger partial charge in [-0.15, -0.1) is 11.3 Å². The molecule has 1 aliphatic rings. The lowest BCUT2D eigenvalue weighted by Crippen LogP contribution is -2.29. The molecule has 1 saturated heterocycles. The molecule has 0 atom stereocenters. The van der Waals surface area contributed by atoms with Gasteiger partial charge in [0.05, 0.1) is 10.6 Å². The van der Waals surface area contributed by atoms with Crippen LogP contribution in [-0.2, 0) is 16.4 Å². The third kappa shape index (κ3) is 4.73. The second-order valence-corrected chi connectivity index (χ2v) is 9.24. The summed E-state index contributed by atoms with van der Waals surface area (Å²) < 4.78 is 27.3. The SMILES string of the molecule is Cc1ccc(S(=O)(=O)NCCc2csc(N3CCCCC3)n2)cc1Cl. The number of anilines is 1. The van der Waals surface area contributed by atoms with E-state index in [4.69, 9.17) is 11.6 Å². The molecule has 0 amide bonds. The fraction of sp³-hybridized carbons (Fsp3) is 0.471. The topological polar surface area (TPSA) is 62.3 Å². The van der Waals surface area contributed by atoms with Crippen molar-refractivity contribution in [1.82, 2.24) is 9.71 Å². The van der Waals surface area contributed by atoms with Crippen LogP contribution in [0, 0.1) is 6.92 Å². The minimum Gasteiger partial charge on any atom is -0.348 e. The standard InChI is InChI=1S/C17H22ClN3O2S2/c1-13-5-6-15(11-16(13)18)25(22,23)19-8-7-14-12-24-17(20-14)21-9-3-2-4-10-21/h5-6,11-12,19H,2-4,7-10H2,1H3. The largest absolute Gasteiger partial charge is 0.348 e. The molecule has 0 spiro atoms. The monoisotopic (exact) mass is 399 g/mol. The first-order valence-corrected chi connectivity index (χ1v) is 11.1. The van der Waals surface area contributed by atoms with Gasteiger partial charge in [-0.3, -0.25) is 0 Å². The van der Waals surface area contributed by atoms with E-state index in [1.54, 1.807) is 23.5 Å². The van der Waals surface area contributed by atoms with Crippen LogP contribution < -0.4 is 9.62 Å². The molecular weight excluding hydrogens is 378 g/mol. The first kappa shape index (κ1) is 18.6. The Hall–Kier alpha value is -1.15. The van der Waals surface area contributed by atoms with Crippen molar-refractivity contribution in [3.63, 3.8) is 0 Å². The van der Waals surface area contributed by atoms with Gasteiger partial charge in [-0.25, -0.2) is 18.1 Å². The molecule has 0 saturated carbocycles. The minimum absolute atomic E-state index is 0.190. The summed E-state index contributed by atoms with van der Waals surface area (Å²) in [5, 5.41) is 3.51. The molecule has 2 aromatic rings. The molecule has 25 heavy (non-hydrogen) atoms. The van der Waals surface area contributed by atoms with Crippen molar-refractivity contribution < 1.29 is 8.42 Å². The molecule has 1 N–H and O–H groups in total. The van der Waals surface area contributed by atoms with Crippen LogP contribution in [0.1, 0.15) is 30.5 Å². The van der Waals surface area contributed by atoms with E-state index in [1.807, 2.05) is 12.3 Å². The average Bonchev–Trinajstić information content (AvgIpc) is 3.07. The molecule has 8 heteroatoms. The number of sulfonamides is 1. The zero-order chi connectivity index (χ0) is 17.9. The van der Waals surface area contributed by atoms with Crippen LogP contribution in [0.4, 0.5) is 5.13 Å². The maximum atomic E-state index is 12.3. The summed E-state index contributed by atoms with van der Waals surface area (Å²) in [5.41, 5.74) is 1.78. The van der Waals surface area contributed by atoms with Gasteiger partial charge < -0.3 is 4.90 Å². The molecule has 1 fully saturated rings. The second-order valence-electron chi connectivity index (χ2n) is 6.23. The summed E-state index contributed by atoms with van der Waals surface area (Å²) in [6.07, 6.45) is 4.30. The van der Waals surface area contributed by atoms with E-state index in [0.717, 1.165) is 29.5 Å². The van der Waals surface area contributed by atoms with Crippen LogP contribution in [0.3, 0.4) is 0 Å². The Morgan fingerprint density at radius 1 is 1.28 bits per heavy atom. The zero-order valence-corrected chi connectivity index (χ0v) is 16.6. The maximum Gasteiger partial charge on any atom is 0.240 e. The van der Waals surface area contributed by atoms with Gasteiger partial charge in [0.15, 0.2) is 5.13 Å². The summed E-state index contributed by atoms with van der Waals surface area (Å²) in [5.74, 6) is 0. The molecule has 0 radical (unpaired) electrons. The van der Waals surface area contributed by atoms with Crippen LogP contribution in [-0.4, -0.2) is 33.0 Å². The van der Waals surface area contributed by atoms with Gasteiger partial charge in [0.2, 0.25) is 10.0 Å². The molecular formula is C17H22ClN3O2S2. The smallest absolute Gasteiger partial charge is 0.240 e. The molecule has 136 valence electrons. The average molecular weight is 400 g/mol. The third-order valence-corrected chi connectivity index (χ3v) is 7.11. The van der Waals surface area contributed by atoms with E-state index in [9.17, 15) is 8.42 Å². The second kappa shape index (κ2) is 8.03. The van der Waals surface area contributed by atoms with Gasteiger partial charge in [0, 0.05) is 36.5 Å². The highest BCUT2D eigenvalue weighted by molar-refractivity contribution is 7.89. The Morgan fingerprint density at radius 3 is 2.76 bits per heavy atom. The zero-order valence-electron chi connectivity index (χ0n) is 14.2. The number of hydrogen-bond acceptors (Lipinski definition) is 5. The highest BCUT2D eigenvalue weighted by Gasteiger charge is 2.16. The van der Waals surface area contributed by atoms with E-state index in [1.165, 1.54) is 25.3 Å². The molecule has 1 aromatic heterocycles. The van der Waals surface area contributed by atoms with Gasteiger partial charge in [-0.05, 0) is 43.9 Å². The highest BCUT2D eigenvalue weighted by atomic mass is 35.5. The van der Waals surface area contributed by atoms with E-state index < -0.39 is 10.0 Å². The number of rotatable bonds is 6. The number of nitrogens with zero attached hydrogens (tertiary/aromatic N) is 2. The number of nitrogens with one attached hydrogen (secondary N) is 1. The Morgan fingerprint density at radius 2 is 2.04 bits per heavy atom. The summed E-state index contributed by atoms with van der Waals surface area (Å²) in [6, 6.07) is 4.76. The first-order chi connectivity index (χ1) is 12.0. The predicted octanol–water partition coefficient (Wildman–Crippen LogP) is 3.62. The van der Waals surface area contributed by atoms with E-state index in [2.05, 4.69) is 14.6 Å². The van der Waals surface area contributed by atoms with Crippen LogP contribution in [0.25, 0.3) is 0 Å². The molecule has 0 bridgehead atoms. The lowest BCUT2D eigenvalue weighted by atomic mass is 10.1. The van der Waals surface area contributed by atoms with Crippen LogP contribution in [0.15, 0.2) is 28.5 Å². The molecule has 0 aliphatic carbocycles. The van der Waals surface area contributed by atoms with E-state index >= 15 is 0 Å². The van der Waals surface area contributed by atoms with Gasteiger partial charge in [0.25, 0.3) is 0 Å². The van der Waals surface area contributed by atoms with Crippen molar-refractivity contribution in [2.45, 2.75) is 37.5 Å². The Labute approximate surface area is 158 Å². The molecule has 1 aliphatic heterocycles. The Kier molecular flexibility index (Phi) is 5.99. The lowest BCUT2D eigenvalue weighted by molar-refractivity contribution is 0.575. The third-order valence-electron chi connectivity index (χ3n) is 4.29.